The third-order valence-corrected chi connectivity index (χ3v) is 6.58. The Kier molecular flexibility index (Phi) is 6.79. The van der Waals surface area contributed by atoms with Gasteiger partial charge in [0.25, 0.3) is 0 Å². The zero-order chi connectivity index (χ0) is 21.8. The molecule has 1 N–H and O–H groups in total. The Bertz CT molecular complexity index is 969. The van der Waals surface area contributed by atoms with E-state index in [-0.39, 0.29) is 23.8 Å². The van der Waals surface area contributed by atoms with Crippen molar-refractivity contribution in [1.82, 2.24) is 9.62 Å². The normalized spacial score (nSPS) is 15.7. The minimum absolute atomic E-state index is 0.0539. The van der Waals surface area contributed by atoms with Gasteiger partial charge in [-0.2, -0.15) is 17.5 Å². The number of alkyl halides is 3. The van der Waals surface area contributed by atoms with E-state index in [4.69, 9.17) is 4.74 Å². The molecule has 0 saturated carbocycles. The summed E-state index contributed by atoms with van der Waals surface area (Å²) in [5, 5.41) is 2.68. The van der Waals surface area contributed by atoms with Crippen molar-refractivity contribution in [2.24, 2.45) is 0 Å². The lowest BCUT2D eigenvalue weighted by Gasteiger charge is -2.26. The van der Waals surface area contributed by atoms with E-state index in [2.05, 4.69) is 5.32 Å². The van der Waals surface area contributed by atoms with Gasteiger partial charge in [-0.15, -0.1) is 0 Å². The first kappa shape index (κ1) is 22.3. The van der Waals surface area contributed by atoms with E-state index in [9.17, 15) is 26.4 Å². The number of nitrogens with one attached hydrogen (secondary N) is 1. The Hall–Kier alpha value is -2.43. The number of morpholine rings is 1. The van der Waals surface area contributed by atoms with Gasteiger partial charge in [0.05, 0.1) is 30.1 Å². The van der Waals surface area contributed by atoms with Gasteiger partial charge in [-0.25, -0.2) is 8.42 Å². The van der Waals surface area contributed by atoms with E-state index >= 15 is 0 Å². The van der Waals surface area contributed by atoms with Crippen LogP contribution in [0.2, 0.25) is 0 Å². The number of carbonyl (C=O) groups is 1. The number of hydrogen-bond donors (Lipinski definition) is 1. The molecule has 1 heterocycles. The SMILES string of the molecule is O=C(Cc1ccc(C(F)(F)F)cc1)NCc1ccc(S(=O)(=O)N2CCOCC2)cc1. The molecule has 1 saturated heterocycles. The molecule has 1 aliphatic heterocycles. The van der Waals surface area contributed by atoms with Crippen LogP contribution in [0, 0.1) is 0 Å². The lowest BCUT2D eigenvalue weighted by molar-refractivity contribution is -0.137. The number of nitrogens with zero attached hydrogens (tertiary/aromatic N) is 1. The highest BCUT2D eigenvalue weighted by Gasteiger charge is 2.30. The Balaban J connectivity index is 1.54. The molecule has 0 aromatic heterocycles. The van der Waals surface area contributed by atoms with E-state index in [0.29, 0.717) is 37.4 Å². The number of amides is 1. The monoisotopic (exact) mass is 442 g/mol. The molecule has 10 heteroatoms. The van der Waals surface area contributed by atoms with E-state index in [0.717, 1.165) is 12.1 Å². The number of rotatable bonds is 6. The number of sulfonamides is 1. The van der Waals surface area contributed by atoms with Gasteiger partial charge in [-0.05, 0) is 35.4 Å². The molecule has 2 aromatic rings. The van der Waals surface area contributed by atoms with E-state index in [1.54, 1.807) is 12.1 Å². The minimum Gasteiger partial charge on any atom is -0.379 e. The molecule has 0 aliphatic carbocycles. The Morgan fingerprint density at radius 2 is 1.53 bits per heavy atom. The van der Waals surface area contributed by atoms with Crippen molar-refractivity contribution in [3.05, 3.63) is 65.2 Å². The van der Waals surface area contributed by atoms with Gasteiger partial charge in [0, 0.05) is 19.6 Å². The molecule has 30 heavy (non-hydrogen) atoms. The first-order valence-corrected chi connectivity index (χ1v) is 10.7. The number of ether oxygens (including phenoxy) is 1. The highest BCUT2D eigenvalue weighted by atomic mass is 32.2. The van der Waals surface area contributed by atoms with Crippen LogP contribution in [-0.4, -0.2) is 44.9 Å². The standard InChI is InChI=1S/C20H21F3N2O4S/c21-20(22,23)17-5-1-15(2-6-17)13-19(26)24-14-16-3-7-18(8-4-16)30(27,28)25-9-11-29-12-10-25/h1-8H,9-14H2,(H,24,26). The molecule has 0 radical (unpaired) electrons. The summed E-state index contributed by atoms with van der Waals surface area (Å²) in [5.74, 6) is -0.347. The van der Waals surface area contributed by atoms with Crippen molar-refractivity contribution in [3.63, 3.8) is 0 Å². The van der Waals surface area contributed by atoms with Gasteiger partial charge in [0.1, 0.15) is 0 Å². The highest BCUT2D eigenvalue weighted by molar-refractivity contribution is 7.89. The summed E-state index contributed by atoms with van der Waals surface area (Å²) in [6, 6.07) is 10.6. The van der Waals surface area contributed by atoms with E-state index < -0.39 is 21.8 Å². The fourth-order valence-corrected chi connectivity index (χ4v) is 4.38. The summed E-state index contributed by atoms with van der Waals surface area (Å²) in [6.45, 7) is 1.52. The quantitative estimate of drug-likeness (QED) is 0.746. The average Bonchev–Trinajstić information content (AvgIpc) is 2.73. The summed E-state index contributed by atoms with van der Waals surface area (Å²) >= 11 is 0. The minimum atomic E-state index is -4.41. The molecule has 0 bridgehead atoms. The van der Waals surface area contributed by atoms with Gasteiger partial charge in [0.2, 0.25) is 15.9 Å². The van der Waals surface area contributed by atoms with Gasteiger partial charge >= 0.3 is 6.18 Å². The van der Waals surface area contributed by atoms with Crippen molar-refractivity contribution in [3.8, 4) is 0 Å². The topological polar surface area (TPSA) is 75.7 Å². The molecule has 0 unspecified atom stereocenters. The zero-order valence-electron chi connectivity index (χ0n) is 16.0. The lowest BCUT2D eigenvalue weighted by Crippen LogP contribution is -2.40. The predicted octanol–water partition coefficient (Wildman–Crippen LogP) is 2.59. The van der Waals surface area contributed by atoms with Crippen LogP contribution in [0.25, 0.3) is 0 Å². The molecule has 3 rings (SSSR count). The van der Waals surface area contributed by atoms with Crippen molar-refractivity contribution >= 4 is 15.9 Å². The van der Waals surface area contributed by atoms with Crippen molar-refractivity contribution in [2.75, 3.05) is 26.3 Å². The second-order valence-corrected chi connectivity index (χ2v) is 8.75. The van der Waals surface area contributed by atoms with Crippen LogP contribution < -0.4 is 5.32 Å². The van der Waals surface area contributed by atoms with Gasteiger partial charge in [-0.1, -0.05) is 24.3 Å². The fraction of sp³-hybridized carbons (Fsp3) is 0.350. The van der Waals surface area contributed by atoms with Gasteiger partial charge < -0.3 is 10.1 Å². The molecule has 2 aromatic carbocycles. The van der Waals surface area contributed by atoms with Gasteiger partial charge in [0.15, 0.2) is 0 Å². The summed E-state index contributed by atoms with van der Waals surface area (Å²) in [4.78, 5) is 12.2. The van der Waals surface area contributed by atoms with Crippen molar-refractivity contribution < 1.29 is 31.1 Å². The molecule has 1 amide bonds. The first-order valence-electron chi connectivity index (χ1n) is 9.26. The van der Waals surface area contributed by atoms with Crippen LogP contribution in [0.1, 0.15) is 16.7 Å². The number of benzene rings is 2. The van der Waals surface area contributed by atoms with Crippen LogP contribution in [0.4, 0.5) is 13.2 Å². The summed E-state index contributed by atoms with van der Waals surface area (Å²) in [5.41, 5.74) is 0.405. The molecular formula is C20H21F3N2O4S. The maximum atomic E-state index is 12.6. The van der Waals surface area contributed by atoms with Crippen LogP contribution in [0.5, 0.6) is 0 Å². The van der Waals surface area contributed by atoms with Crippen LogP contribution in [-0.2, 0) is 38.7 Å². The lowest BCUT2D eigenvalue weighted by atomic mass is 10.1. The van der Waals surface area contributed by atoms with Gasteiger partial charge in [-0.3, -0.25) is 4.79 Å². The number of carbonyl (C=O) groups excluding carboxylic acids is 1. The first-order chi connectivity index (χ1) is 14.2. The average molecular weight is 442 g/mol. The summed E-state index contributed by atoms with van der Waals surface area (Å²) < 4.78 is 69.4. The molecule has 1 fully saturated rings. The fourth-order valence-electron chi connectivity index (χ4n) is 2.98. The maximum Gasteiger partial charge on any atom is 0.416 e. The molecular weight excluding hydrogens is 421 g/mol. The second-order valence-electron chi connectivity index (χ2n) is 6.81. The summed E-state index contributed by atoms with van der Waals surface area (Å²) in [6.07, 6.45) is -4.47. The Morgan fingerprint density at radius 1 is 0.967 bits per heavy atom. The third kappa shape index (κ3) is 5.59. The van der Waals surface area contributed by atoms with Crippen molar-refractivity contribution in [1.29, 1.82) is 0 Å². The van der Waals surface area contributed by atoms with E-state index in [1.165, 1.54) is 28.6 Å². The van der Waals surface area contributed by atoms with Crippen LogP contribution >= 0.6 is 0 Å². The number of halogens is 3. The maximum absolute atomic E-state index is 12.6. The Labute approximate surface area is 172 Å². The Morgan fingerprint density at radius 3 is 2.10 bits per heavy atom. The second kappa shape index (κ2) is 9.15. The zero-order valence-corrected chi connectivity index (χ0v) is 16.8. The molecule has 0 spiro atoms. The summed E-state index contributed by atoms with van der Waals surface area (Å²) in [7, 11) is -3.58. The number of hydrogen-bond acceptors (Lipinski definition) is 4. The molecule has 6 nitrogen and oxygen atoms in total. The largest absolute Gasteiger partial charge is 0.416 e. The van der Waals surface area contributed by atoms with E-state index in [1.807, 2.05) is 0 Å². The van der Waals surface area contributed by atoms with Crippen molar-refractivity contribution in [2.45, 2.75) is 24.0 Å². The molecule has 162 valence electrons. The molecule has 0 atom stereocenters. The van der Waals surface area contributed by atoms with Crippen LogP contribution in [0.15, 0.2) is 53.4 Å². The smallest absolute Gasteiger partial charge is 0.379 e. The molecule has 1 aliphatic rings. The highest BCUT2D eigenvalue weighted by Crippen LogP contribution is 2.29. The predicted molar refractivity (Wildman–Crippen MR) is 103 cm³/mol. The third-order valence-electron chi connectivity index (χ3n) is 4.67. The van der Waals surface area contributed by atoms with Crippen LogP contribution in [0.3, 0.4) is 0 Å².